The zero-order valence-electron chi connectivity index (χ0n) is 10.2. The minimum atomic E-state index is -3.88. The van der Waals surface area contributed by atoms with Crippen LogP contribution in [-0.2, 0) is 19.9 Å². The second kappa shape index (κ2) is 5.34. The fourth-order valence-electron chi connectivity index (χ4n) is 1.82. The van der Waals surface area contributed by atoms with Gasteiger partial charge in [-0.05, 0) is 12.1 Å². The van der Waals surface area contributed by atoms with Gasteiger partial charge in [-0.2, -0.15) is 4.31 Å². The number of nitrogens with zero attached hydrogens (tertiary/aromatic N) is 1. The number of sulfone groups is 1. The number of benzene rings is 1. The van der Waals surface area contributed by atoms with Crippen LogP contribution < -0.4 is 5.73 Å². The molecule has 0 bridgehead atoms. The predicted octanol–water partition coefficient (Wildman–Crippen LogP) is 0.995. The first-order chi connectivity index (χ1) is 9.15. The molecule has 1 saturated heterocycles. The normalized spacial score (nSPS) is 19.9. The second-order valence-corrected chi connectivity index (χ2v) is 9.32. The molecule has 2 N–H and O–H groups in total. The summed E-state index contributed by atoms with van der Waals surface area (Å²) in [6.45, 7) is -0.187. The van der Waals surface area contributed by atoms with Gasteiger partial charge in [0.05, 0.1) is 27.2 Å². The molecule has 112 valence electrons. The Hall–Kier alpha value is -0.540. The molecule has 0 unspecified atom stereocenters. The smallest absolute Gasteiger partial charge is 0.244 e. The lowest BCUT2D eigenvalue weighted by atomic mass is 10.3. The maximum absolute atomic E-state index is 12.4. The van der Waals surface area contributed by atoms with Gasteiger partial charge in [-0.3, -0.25) is 0 Å². The summed E-state index contributed by atoms with van der Waals surface area (Å²) in [5.41, 5.74) is 5.59. The molecule has 1 aromatic carbocycles. The second-order valence-electron chi connectivity index (χ2n) is 4.33. The van der Waals surface area contributed by atoms with Gasteiger partial charge in [0, 0.05) is 13.1 Å². The molecule has 20 heavy (non-hydrogen) atoms. The van der Waals surface area contributed by atoms with Crippen LogP contribution in [0.2, 0.25) is 10.0 Å². The largest absolute Gasteiger partial charge is 0.396 e. The average Bonchev–Trinajstić information content (AvgIpc) is 2.35. The van der Waals surface area contributed by atoms with Gasteiger partial charge in [-0.25, -0.2) is 16.8 Å². The summed E-state index contributed by atoms with van der Waals surface area (Å²) < 4.78 is 48.6. The highest BCUT2D eigenvalue weighted by atomic mass is 35.5. The van der Waals surface area contributed by atoms with Crippen LogP contribution in [0.1, 0.15) is 0 Å². The monoisotopic (exact) mass is 358 g/mol. The minimum absolute atomic E-state index is 0.0148. The number of nitrogens with two attached hydrogens (primary N) is 1. The highest BCUT2D eigenvalue weighted by Gasteiger charge is 2.33. The Bertz CT molecular complexity index is 733. The van der Waals surface area contributed by atoms with E-state index in [2.05, 4.69) is 0 Å². The van der Waals surface area contributed by atoms with Gasteiger partial charge in [-0.15, -0.1) is 0 Å². The van der Waals surface area contributed by atoms with E-state index in [9.17, 15) is 16.8 Å². The molecule has 1 fully saturated rings. The van der Waals surface area contributed by atoms with Crippen LogP contribution in [0.5, 0.6) is 0 Å². The van der Waals surface area contributed by atoms with Crippen molar-refractivity contribution in [1.82, 2.24) is 4.31 Å². The van der Waals surface area contributed by atoms with E-state index in [4.69, 9.17) is 28.9 Å². The van der Waals surface area contributed by atoms with Gasteiger partial charge in [0.2, 0.25) is 10.0 Å². The van der Waals surface area contributed by atoms with Crippen LogP contribution >= 0.6 is 23.2 Å². The Morgan fingerprint density at radius 1 is 1.15 bits per heavy atom. The molecule has 1 aliphatic rings. The van der Waals surface area contributed by atoms with Gasteiger partial charge in [0.1, 0.15) is 4.90 Å². The Labute approximate surface area is 127 Å². The van der Waals surface area contributed by atoms with E-state index in [0.29, 0.717) is 0 Å². The molecule has 1 aliphatic heterocycles. The van der Waals surface area contributed by atoms with Crippen molar-refractivity contribution in [3.8, 4) is 0 Å². The van der Waals surface area contributed by atoms with Crippen LogP contribution in [0.25, 0.3) is 0 Å². The van der Waals surface area contributed by atoms with Gasteiger partial charge in [-0.1, -0.05) is 23.2 Å². The van der Waals surface area contributed by atoms with Crippen molar-refractivity contribution < 1.29 is 16.8 Å². The van der Waals surface area contributed by atoms with E-state index in [0.717, 1.165) is 4.31 Å². The lowest BCUT2D eigenvalue weighted by Crippen LogP contribution is -2.43. The molecule has 1 aromatic rings. The number of anilines is 1. The van der Waals surface area contributed by atoms with Crippen molar-refractivity contribution >= 4 is 48.7 Å². The summed E-state index contributed by atoms with van der Waals surface area (Å²) in [5, 5.41) is 0.0149. The van der Waals surface area contributed by atoms with Crippen LogP contribution in [0.4, 0.5) is 5.69 Å². The van der Waals surface area contributed by atoms with Crippen molar-refractivity contribution in [1.29, 1.82) is 0 Å². The molecule has 0 spiro atoms. The van der Waals surface area contributed by atoms with E-state index in [1.165, 1.54) is 12.1 Å². The van der Waals surface area contributed by atoms with Gasteiger partial charge in [0.25, 0.3) is 0 Å². The van der Waals surface area contributed by atoms with Crippen molar-refractivity contribution in [3.63, 3.8) is 0 Å². The first-order valence-corrected chi connectivity index (χ1v) is 9.61. The summed E-state index contributed by atoms with van der Waals surface area (Å²) in [4.78, 5) is -0.166. The number of hydrogen-bond donors (Lipinski definition) is 1. The molecule has 6 nitrogen and oxygen atoms in total. The van der Waals surface area contributed by atoms with E-state index in [1.807, 2.05) is 0 Å². The third kappa shape index (κ3) is 2.89. The fourth-order valence-corrected chi connectivity index (χ4v) is 5.44. The highest BCUT2D eigenvalue weighted by Crippen LogP contribution is 2.34. The Kier molecular flexibility index (Phi) is 4.23. The molecule has 0 atom stereocenters. The minimum Gasteiger partial charge on any atom is -0.396 e. The maximum Gasteiger partial charge on any atom is 0.244 e. The Morgan fingerprint density at radius 3 is 2.25 bits per heavy atom. The third-order valence-corrected chi connectivity index (χ3v) is 7.41. The highest BCUT2D eigenvalue weighted by molar-refractivity contribution is 7.92. The lowest BCUT2D eigenvalue weighted by Gasteiger charge is -2.26. The fraction of sp³-hybridized carbons (Fsp3) is 0.400. The van der Waals surface area contributed by atoms with Crippen LogP contribution in [-0.4, -0.2) is 45.7 Å². The molecule has 0 amide bonds. The zero-order chi connectivity index (χ0) is 15.1. The summed E-state index contributed by atoms with van der Waals surface area (Å²) in [6, 6.07) is 2.61. The molecule has 2 rings (SSSR count). The lowest BCUT2D eigenvalue weighted by molar-refractivity contribution is 0.431. The zero-order valence-corrected chi connectivity index (χ0v) is 13.4. The van der Waals surface area contributed by atoms with E-state index < -0.39 is 19.9 Å². The standard InChI is InChI=1S/C10H12Cl2N2O4S2/c11-7-1-2-8(9(12)10(7)13)20(17,18)14-3-5-19(15,16)6-4-14/h1-2H,3-6,13H2. The molecular weight excluding hydrogens is 347 g/mol. The third-order valence-electron chi connectivity index (χ3n) is 3.01. The molecule has 10 heteroatoms. The number of sulfonamides is 1. The topological polar surface area (TPSA) is 97.5 Å². The van der Waals surface area contributed by atoms with Gasteiger partial charge in [0.15, 0.2) is 9.84 Å². The summed E-state index contributed by atoms with van der Waals surface area (Å²) in [6.07, 6.45) is 0. The number of nitrogen functional groups attached to an aromatic ring is 1. The van der Waals surface area contributed by atoms with Crippen LogP contribution in [0.3, 0.4) is 0 Å². The summed E-state index contributed by atoms with van der Waals surface area (Å²) in [5.74, 6) is -0.403. The molecule has 0 aliphatic carbocycles. The molecular formula is C10H12Cl2N2O4S2. The number of halogens is 2. The first kappa shape index (κ1) is 15.8. The van der Waals surface area contributed by atoms with Crippen molar-refractivity contribution in [2.45, 2.75) is 4.90 Å². The summed E-state index contributed by atoms with van der Waals surface area (Å²) >= 11 is 11.7. The van der Waals surface area contributed by atoms with Gasteiger partial charge < -0.3 is 5.73 Å². The molecule has 0 radical (unpaired) electrons. The number of rotatable bonds is 2. The number of hydrogen-bond acceptors (Lipinski definition) is 5. The Balaban J connectivity index is 2.40. The Morgan fingerprint density at radius 2 is 1.70 bits per heavy atom. The molecule has 0 saturated carbocycles. The quantitative estimate of drug-likeness (QED) is 0.795. The molecule has 1 heterocycles. The van der Waals surface area contributed by atoms with Crippen molar-refractivity contribution in [2.24, 2.45) is 0 Å². The van der Waals surface area contributed by atoms with E-state index in [-0.39, 0.29) is 45.2 Å². The first-order valence-electron chi connectivity index (χ1n) is 5.59. The summed E-state index contributed by atoms with van der Waals surface area (Å²) in [7, 11) is -7.05. The SMILES string of the molecule is Nc1c(Cl)ccc(S(=O)(=O)N2CCS(=O)(=O)CC2)c1Cl. The molecule has 0 aromatic heterocycles. The van der Waals surface area contributed by atoms with Gasteiger partial charge >= 0.3 is 0 Å². The average molecular weight is 359 g/mol. The maximum atomic E-state index is 12.4. The van der Waals surface area contributed by atoms with Crippen LogP contribution in [0.15, 0.2) is 17.0 Å². The van der Waals surface area contributed by atoms with E-state index in [1.54, 1.807) is 0 Å². The van der Waals surface area contributed by atoms with Crippen LogP contribution in [0, 0.1) is 0 Å². The van der Waals surface area contributed by atoms with Crippen molar-refractivity contribution in [3.05, 3.63) is 22.2 Å². The predicted molar refractivity (Wildman–Crippen MR) is 78.3 cm³/mol. The van der Waals surface area contributed by atoms with Crippen molar-refractivity contribution in [2.75, 3.05) is 30.3 Å². The van der Waals surface area contributed by atoms with E-state index >= 15 is 0 Å².